The molecule has 2 aliphatic rings. The molecule has 0 amide bonds. The molecule has 2 unspecified atom stereocenters. The molecule has 2 aliphatic carbocycles. The first-order valence-electron chi connectivity index (χ1n) is 8.33. The number of ether oxygens (including phenoxy) is 1. The second-order valence-corrected chi connectivity index (χ2v) is 7.88. The van der Waals surface area contributed by atoms with E-state index < -0.39 is 0 Å². The number of rotatable bonds is 5. The zero-order chi connectivity index (χ0) is 13.9. The molecule has 0 radical (unpaired) electrons. The predicted octanol–water partition coefficient (Wildman–Crippen LogP) is 4.28. The highest BCUT2D eigenvalue weighted by Crippen LogP contribution is 2.42. The Morgan fingerprint density at radius 1 is 1.11 bits per heavy atom. The predicted molar refractivity (Wildman–Crippen MR) is 81.5 cm³/mol. The molecule has 2 fully saturated rings. The standard InChI is InChI=1S/C17H33NO/c1-14-8-5-6-9-15(14)19-17(10-7-11-17)12-13-18-16(2,3)4/h14-15,18H,5-13H2,1-4H3. The molecule has 0 bridgehead atoms. The van der Waals surface area contributed by atoms with Crippen LogP contribution in [0.5, 0.6) is 0 Å². The molecule has 19 heavy (non-hydrogen) atoms. The van der Waals surface area contributed by atoms with Gasteiger partial charge in [-0.05, 0) is 71.8 Å². The van der Waals surface area contributed by atoms with Gasteiger partial charge in [-0.15, -0.1) is 0 Å². The molecular formula is C17H33NO. The Balaban J connectivity index is 1.80. The maximum atomic E-state index is 6.60. The van der Waals surface area contributed by atoms with E-state index in [0.29, 0.717) is 6.10 Å². The van der Waals surface area contributed by atoms with E-state index in [1.165, 1.54) is 51.4 Å². The summed E-state index contributed by atoms with van der Waals surface area (Å²) in [5.41, 5.74) is 0.442. The Morgan fingerprint density at radius 2 is 1.79 bits per heavy atom. The van der Waals surface area contributed by atoms with E-state index in [1.807, 2.05) is 0 Å². The monoisotopic (exact) mass is 267 g/mol. The fraction of sp³-hybridized carbons (Fsp3) is 1.00. The van der Waals surface area contributed by atoms with Gasteiger partial charge in [0.05, 0.1) is 11.7 Å². The summed E-state index contributed by atoms with van der Waals surface area (Å²) in [5, 5.41) is 3.61. The molecule has 1 N–H and O–H groups in total. The van der Waals surface area contributed by atoms with Gasteiger partial charge in [-0.25, -0.2) is 0 Å². The van der Waals surface area contributed by atoms with Crippen molar-refractivity contribution in [2.45, 2.75) is 96.3 Å². The fourth-order valence-corrected chi connectivity index (χ4v) is 3.44. The van der Waals surface area contributed by atoms with Crippen molar-refractivity contribution in [3.8, 4) is 0 Å². The molecule has 2 saturated carbocycles. The molecule has 2 nitrogen and oxygen atoms in total. The van der Waals surface area contributed by atoms with Gasteiger partial charge >= 0.3 is 0 Å². The minimum atomic E-state index is 0.217. The number of hydrogen-bond acceptors (Lipinski definition) is 2. The van der Waals surface area contributed by atoms with Crippen LogP contribution in [0.15, 0.2) is 0 Å². The normalized spacial score (nSPS) is 30.9. The lowest BCUT2D eigenvalue weighted by molar-refractivity contribution is -0.165. The van der Waals surface area contributed by atoms with Crippen LogP contribution in [0.2, 0.25) is 0 Å². The van der Waals surface area contributed by atoms with E-state index >= 15 is 0 Å². The molecule has 2 rings (SSSR count). The van der Waals surface area contributed by atoms with Gasteiger partial charge in [0.2, 0.25) is 0 Å². The van der Waals surface area contributed by atoms with Crippen LogP contribution in [0.4, 0.5) is 0 Å². The van der Waals surface area contributed by atoms with Crippen molar-refractivity contribution in [1.29, 1.82) is 0 Å². The van der Waals surface area contributed by atoms with Gasteiger partial charge < -0.3 is 10.1 Å². The van der Waals surface area contributed by atoms with E-state index in [0.717, 1.165) is 12.5 Å². The van der Waals surface area contributed by atoms with Gasteiger partial charge in [0.15, 0.2) is 0 Å². The van der Waals surface area contributed by atoms with Crippen LogP contribution in [0.3, 0.4) is 0 Å². The van der Waals surface area contributed by atoms with Gasteiger partial charge in [-0.3, -0.25) is 0 Å². The van der Waals surface area contributed by atoms with Crippen molar-refractivity contribution in [1.82, 2.24) is 5.32 Å². The van der Waals surface area contributed by atoms with Crippen molar-refractivity contribution < 1.29 is 4.74 Å². The lowest BCUT2D eigenvalue weighted by Gasteiger charge is -2.47. The zero-order valence-corrected chi connectivity index (χ0v) is 13.4. The quantitative estimate of drug-likeness (QED) is 0.802. The first-order valence-corrected chi connectivity index (χ1v) is 8.33. The van der Waals surface area contributed by atoms with Crippen LogP contribution >= 0.6 is 0 Å². The van der Waals surface area contributed by atoms with E-state index in [4.69, 9.17) is 4.74 Å². The number of hydrogen-bond donors (Lipinski definition) is 1. The van der Waals surface area contributed by atoms with Crippen molar-refractivity contribution >= 4 is 0 Å². The average Bonchev–Trinajstić information content (AvgIpc) is 2.27. The Hall–Kier alpha value is -0.0800. The third kappa shape index (κ3) is 4.46. The summed E-state index contributed by atoms with van der Waals surface area (Å²) in [4.78, 5) is 0. The third-order valence-corrected chi connectivity index (χ3v) is 4.93. The van der Waals surface area contributed by atoms with E-state index in [2.05, 4.69) is 33.0 Å². The second kappa shape index (κ2) is 6.13. The molecule has 0 saturated heterocycles. The highest BCUT2D eigenvalue weighted by molar-refractivity contribution is 4.93. The second-order valence-electron chi connectivity index (χ2n) is 7.88. The van der Waals surface area contributed by atoms with Crippen molar-refractivity contribution in [3.63, 3.8) is 0 Å². The van der Waals surface area contributed by atoms with Gasteiger partial charge in [0.25, 0.3) is 0 Å². The highest BCUT2D eigenvalue weighted by Gasteiger charge is 2.41. The maximum Gasteiger partial charge on any atom is 0.0698 e. The Morgan fingerprint density at radius 3 is 2.32 bits per heavy atom. The number of nitrogens with one attached hydrogen (secondary N) is 1. The molecule has 0 aromatic rings. The van der Waals surface area contributed by atoms with Gasteiger partial charge in [0, 0.05) is 5.54 Å². The minimum absolute atomic E-state index is 0.217. The smallest absolute Gasteiger partial charge is 0.0698 e. The molecule has 0 heterocycles. The van der Waals surface area contributed by atoms with Crippen molar-refractivity contribution in [3.05, 3.63) is 0 Å². The summed E-state index contributed by atoms with van der Waals surface area (Å²) in [7, 11) is 0. The molecule has 0 aliphatic heterocycles. The van der Waals surface area contributed by atoms with E-state index in [1.54, 1.807) is 0 Å². The fourth-order valence-electron chi connectivity index (χ4n) is 3.44. The highest BCUT2D eigenvalue weighted by atomic mass is 16.5. The summed E-state index contributed by atoms with van der Waals surface area (Å²) in [6.07, 6.45) is 11.1. The van der Waals surface area contributed by atoms with Crippen LogP contribution in [0, 0.1) is 5.92 Å². The van der Waals surface area contributed by atoms with E-state index in [9.17, 15) is 0 Å². The first kappa shape index (κ1) is 15.3. The molecule has 0 aromatic heterocycles. The minimum Gasteiger partial charge on any atom is -0.371 e. The molecule has 2 heteroatoms. The van der Waals surface area contributed by atoms with Crippen LogP contribution in [-0.4, -0.2) is 23.8 Å². The topological polar surface area (TPSA) is 21.3 Å². The first-order chi connectivity index (χ1) is 8.90. The molecule has 0 aromatic carbocycles. The van der Waals surface area contributed by atoms with Crippen molar-refractivity contribution in [2.75, 3.05) is 6.54 Å². The lowest BCUT2D eigenvalue weighted by atomic mass is 9.76. The van der Waals surface area contributed by atoms with Crippen LogP contribution in [0.25, 0.3) is 0 Å². The van der Waals surface area contributed by atoms with E-state index in [-0.39, 0.29) is 11.1 Å². The molecule has 0 spiro atoms. The largest absolute Gasteiger partial charge is 0.371 e. The Kier molecular flexibility index (Phi) is 4.94. The molecule has 112 valence electrons. The Bertz CT molecular complexity index is 277. The Labute approximate surface area is 119 Å². The van der Waals surface area contributed by atoms with Crippen molar-refractivity contribution in [2.24, 2.45) is 5.92 Å². The summed E-state index contributed by atoms with van der Waals surface area (Å²) in [6, 6.07) is 0. The van der Waals surface area contributed by atoms with Crippen LogP contribution in [0.1, 0.15) is 79.1 Å². The maximum absolute atomic E-state index is 6.60. The average molecular weight is 267 g/mol. The molecular weight excluding hydrogens is 234 g/mol. The third-order valence-electron chi connectivity index (χ3n) is 4.93. The SMILES string of the molecule is CC1CCCCC1OC1(CCNC(C)(C)C)CCC1. The van der Waals surface area contributed by atoms with Gasteiger partial charge in [-0.2, -0.15) is 0 Å². The lowest BCUT2D eigenvalue weighted by Crippen LogP contribution is -2.48. The van der Waals surface area contributed by atoms with Gasteiger partial charge in [-0.1, -0.05) is 19.8 Å². The van der Waals surface area contributed by atoms with Crippen LogP contribution in [-0.2, 0) is 4.74 Å². The summed E-state index contributed by atoms with van der Waals surface area (Å²) >= 11 is 0. The molecule has 2 atom stereocenters. The summed E-state index contributed by atoms with van der Waals surface area (Å²) < 4.78 is 6.60. The summed E-state index contributed by atoms with van der Waals surface area (Å²) in [5.74, 6) is 0.766. The van der Waals surface area contributed by atoms with Gasteiger partial charge in [0.1, 0.15) is 0 Å². The summed E-state index contributed by atoms with van der Waals surface area (Å²) in [6.45, 7) is 10.2. The zero-order valence-electron chi connectivity index (χ0n) is 13.4. The van der Waals surface area contributed by atoms with Crippen LogP contribution < -0.4 is 5.32 Å².